The fraction of sp³-hybridized carbons (Fsp3) is 0.286. The monoisotopic (exact) mass is 247 g/mol. The predicted octanol–water partition coefficient (Wildman–Crippen LogP) is 2.64. The van der Waals surface area contributed by atoms with Gasteiger partial charge in [-0.2, -0.15) is 0 Å². The van der Waals surface area contributed by atoms with Crippen molar-refractivity contribution in [2.75, 3.05) is 12.3 Å². The number of fused-ring (bicyclic) bond motifs is 1. The van der Waals surface area contributed by atoms with Crippen molar-refractivity contribution in [1.82, 2.24) is 0 Å². The molecule has 0 fully saturated rings. The molecule has 2 aromatic carbocycles. The summed E-state index contributed by atoms with van der Waals surface area (Å²) in [6, 6.07) is 14.6. The molecular weight excluding hydrogens is 230 g/mol. The quantitative estimate of drug-likeness (QED) is 0.816. The van der Waals surface area contributed by atoms with Crippen molar-refractivity contribution in [3.05, 3.63) is 42.5 Å². The SMILES string of the molecule is CC(O)(CN)CSc1ccc2ccccc2c1. The molecule has 0 aromatic heterocycles. The summed E-state index contributed by atoms with van der Waals surface area (Å²) in [5.41, 5.74) is 4.70. The van der Waals surface area contributed by atoms with Crippen LogP contribution in [-0.4, -0.2) is 23.0 Å². The Morgan fingerprint density at radius 2 is 1.88 bits per heavy atom. The number of rotatable bonds is 4. The maximum atomic E-state index is 9.85. The summed E-state index contributed by atoms with van der Waals surface area (Å²) in [6.07, 6.45) is 0. The van der Waals surface area contributed by atoms with Gasteiger partial charge in [-0.25, -0.2) is 0 Å². The molecule has 0 bridgehead atoms. The van der Waals surface area contributed by atoms with Crippen LogP contribution >= 0.6 is 11.8 Å². The van der Waals surface area contributed by atoms with E-state index in [2.05, 4.69) is 30.3 Å². The fourth-order valence-corrected chi connectivity index (χ4v) is 2.52. The number of hydrogen-bond acceptors (Lipinski definition) is 3. The summed E-state index contributed by atoms with van der Waals surface area (Å²) >= 11 is 1.64. The van der Waals surface area contributed by atoms with Gasteiger partial charge in [0.1, 0.15) is 0 Å². The van der Waals surface area contributed by atoms with Gasteiger partial charge in [0.15, 0.2) is 0 Å². The molecule has 17 heavy (non-hydrogen) atoms. The van der Waals surface area contributed by atoms with Gasteiger partial charge < -0.3 is 10.8 Å². The van der Waals surface area contributed by atoms with Gasteiger partial charge in [0, 0.05) is 17.2 Å². The lowest BCUT2D eigenvalue weighted by Crippen LogP contribution is -2.36. The molecule has 2 rings (SSSR count). The van der Waals surface area contributed by atoms with E-state index in [4.69, 9.17) is 5.73 Å². The molecule has 3 N–H and O–H groups in total. The highest BCUT2D eigenvalue weighted by molar-refractivity contribution is 7.99. The summed E-state index contributed by atoms with van der Waals surface area (Å²) in [6.45, 7) is 2.05. The van der Waals surface area contributed by atoms with E-state index in [0.29, 0.717) is 5.75 Å². The third kappa shape index (κ3) is 3.22. The van der Waals surface area contributed by atoms with Crippen molar-refractivity contribution < 1.29 is 5.11 Å². The minimum Gasteiger partial charge on any atom is -0.388 e. The van der Waals surface area contributed by atoms with E-state index < -0.39 is 5.60 Å². The number of benzene rings is 2. The van der Waals surface area contributed by atoms with E-state index >= 15 is 0 Å². The van der Waals surface area contributed by atoms with Crippen LogP contribution in [0.4, 0.5) is 0 Å². The van der Waals surface area contributed by atoms with E-state index in [1.165, 1.54) is 10.8 Å². The van der Waals surface area contributed by atoms with Crippen LogP contribution in [0.3, 0.4) is 0 Å². The molecule has 0 amide bonds. The van der Waals surface area contributed by atoms with E-state index in [1.807, 2.05) is 12.1 Å². The Morgan fingerprint density at radius 3 is 2.59 bits per heavy atom. The second kappa shape index (κ2) is 5.08. The van der Waals surface area contributed by atoms with Gasteiger partial charge in [-0.05, 0) is 29.8 Å². The summed E-state index contributed by atoms with van der Waals surface area (Å²) in [7, 11) is 0. The van der Waals surface area contributed by atoms with Gasteiger partial charge >= 0.3 is 0 Å². The van der Waals surface area contributed by atoms with Crippen LogP contribution in [0.5, 0.6) is 0 Å². The van der Waals surface area contributed by atoms with Crippen molar-refractivity contribution in [3.63, 3.8) is 0 Å². The molecule has 0 heterocycles. The average Bonchev–Trinajstić information content (AvgIpc) is 2.36. The molecule has 0 aliphatic carbocycles. The van der Waals surface area contributed by atoms with E-state index in [-0.39, 0.29) is 6.54 Å². The highest BCUT2D eigenvalue weighted by atomic mass is 32.2. The molecule has 3 heteroatoms. The standard InChI is InChI=1S/C14H17NOS/c1-14(16,9-15)10-17-13-7-6-11-4-2-3-5-12(11)8-13/h2-8,16H,9-10,15H2,1H3. The molecule has 0 radical (unpaired) electrons. The summed E-state index contributed by atoms with van der Waals surface area (Å²) in [5.74, 6) is 0.613. The van der Waals surface area contributed by atoms with Crippen LogP contribution in [0.2, 0.25) is 0 Å². The third-order valence-electron chi connectivity index (χ3n) is 2.71. The molecule has 0 aliphatic heterocycles. The van der Waals surface area contributed by atoms with Crippen LogP contribution in [0, 0.1) is 0 Å². The van der Waals surface area contributed by atoms with Gasteiger partial charge in [0.2, 0.25) is 0 Å². The van der Waals surface area contributed by atoms with Crippen molar-refractivity contribution in [1.29, 1.82) is 0 Å². The first-order valence-electron chi connectivity index (χ1n) is 5.65. The number of thioether (sulfide) groups is 1. The first-order valence-corrected chi connectivity index (χ1v) is 6.63. The number of nitrogens with two attached hydrogens (primary N) is 1. The molecule has 0 saturated carbocycles. The molecule has 1 unspecified atom stereocenters. The highest BCUT2D eigenvalue weighted by Gasteiger charge is 2.17. The molecule has 2 nitrogen and oxygen atoms in total. The van der Waals surface area contributed by atoms with Gasteiger partial charge in [-0.3, -0.25) is 0 Å². The molecule has 0 saturated heterocycles. The van der Waals surface area contributed by atoms with Gasteiger partial charge in [-0.15, -0.1) is 11.8 Å². The average molecular weight is 247 g/mol. The van der Waals surface area contributed by atoms with E-state index in [9.17, 15) is 5.11 Å². The Bertz CT molecular complexity index is 510. The van der Waals surface area contributed by atoms with E-state index in [0.717, 1.165) is 4.90 Å². The summed E-state index contributed by atoms with van der Waals surface area (Å²) < 4.78 is 0. The maximum absolute atomic E-state index is 9.85. The normalized spacial score (nSPS) is 14.8. The van der Waals surface area contributed by atoms with Gasteiger partial charge in [0.05, 0.1) is 5.60 Å². The molecule has 2 aromatic rings. The molecular formula is C14H17NOS. The molecule has 90 valence electrons. The van der Waals surface area contributed by atoms with Crippen LogP contribution in [0.15, 0.2) is 47.4 Å². The third-order valence-corrected chi connectivity index (χ3v) is 4.06. The smallest absolute Gasteiger partial charge is 0.0834 e. The van der Waals surface area contributed by atoms with E-state index in [1.54, 1.807) is 18.7 Å². The Labute approximate surface area is 106 Å². The van der Waals surface area contributed by atoms with Crippen molar-refractivity contribution in [2.24, 2.45) is 5.73 Å². The number of aliphatic hydroxyl groups is 1. The Kier molecular flexibility index (Phi) is 3.72. The largest absolute Gasteiger partial charge is 0.388 e. The summed E-state index contributed by atoms with van der Waals surface area (Å²) in [5, 5.41) is 12.3. The molecule has 0 aliphatic rings. The van der Waals surface area contributed by atoms with Crippen LogP contribution in [-0.2, 0) is 0 Å². The first-order chi connectivity index (χ1) is 8.11. The predicted molar refractivity (Wildman–Crippen MR) is 74.4 cm³/mol. The van der Waals surface area contributed by atoms with Gasteiger partial charge in [-0.1, -0.05) is 30.3 Å². The Balaban J connectivity index is 2.14. The molecule has 1 atom stereocenters. The zero-order valence-corrected chi connectivity index (χ0v) is 10.7. The summed E-state index contributed by atoms with van der Waals surface area (Å²) in [4.78, 5) is 1.16. The number of hydrogen-bond donors (Lipinski definition) is 2. The van der Waals surface area contributed by atoms with Crippen molar-refractivity contribution >= 4 is 22.5 Å². The maximum Gasteiger partial charge on any atom is 0.0834 e. The van der Waals surface area contributed by atoms with Gasteiger partial charge in [0.25, 0.3) is 0 Å². The second-order valence-electron chi connectivity index (χ2n) is 4.50. The van der Waals surface area contributed by atoms with Crippen LogP contribution in [0.25, 0.3) is 10.8 Å². The van der Waals surface area contributed by atoms with Crippen LogP contribution < -0.4 is 5.73 Å². The zero-order chi connectivity index (χ0) is 12.3. The minimum absolute atomic E-state index is 0.285. The fourth-order valence-electron chi connectivity index (χ4n) is 1.55. The second-order valence-corrected chi connectivity index (χ2v) is 5.55. The highest BCUT2D eigenvalue weighted by Crippen LogP contribution is 2.26. The topological polar surface area (TPSA) is 46.2 Å². The Hall–Kier alpha value is -1.03. The Morgan fingerprint density at radius 1 is 1.18 bits per heavy atom. The molecule has 0 spiro atoms. The van der Waals surface area contributed by atoms with Crippen molar-refractivity contribution in [3.8, 4) is 0 Å². The van der Waals surface area contributed by atoms with Crippen LogP contribution in [0.1, 0.15) is 6.92 Å². The minimum atomic E-state index is -0.795. The van der Waals surface area contributed by atoms with Crippen molar-refractivity contribution in [2.45, 2.75) is 17.4 Å². The lowest BCUT2D eigenvalue weighted by molar-refractivity contribution is 0.0949. The lowest BCUT2D eigenvalue weighted by atomic mass is 10.1. The lowest BCUT2D eigenvalue weighted by Gasteiger charge is -2.20. The zero-order valence-electron chi connectivity index (χ0n) is 9.89. The first kappa shape index (κ1) is 12.4.